The average Bonchev–Trinajstić information content (AvgIpc) is 3.10. The van der Waals surface area contributed by atoms with Crippen LogP contribution in [0.4, 0.5) is 0 Å². The second-order valence-corrected chi connectivity index (χ2v) is 4.80. The number of hydrogen-bond donors (Lipinski definition) is 1. The summed E-state index contributed by atoms with van der Waals surface area (Å²) in [7, 11) is 0. The standard InChI is InChI=1S/C15H21N/c1-2-3-5-10-15(16)14-11-13(14)12-8-6-4-7-9-12/h2,4,6-9,13-15H,1,3,5,10-11,16H2. The van der Waals surface area contributed by atoms with Crippen LogP contribution in [0.15, 0.2) is 43.0 Å². The summed E-state index contributed by atoms with van der Waals surface area (Å²) >= 11 is 0. The van der Waals surface area contributed by atoms with Gasteiger partial charge >= 0.3 is 0 Å². The molecule has 1 fully saturated rings. The molecule has 1 aromatic rings. The van der Waals surface area contributed by atoms with Gasteiger partial charge in [-0.3, -0.25) is 0 Å². The van der Waals surface area contributed by atoms with Crippen molar-refractivity contribution in [2.24, 2.45) is 11.7 Å². The molecule has 16 heavy (non-hydrogen) atoms. The number of hydrogen-bond acceptors (Lipinski definition) is 1. The Labute approximate surface area is 98.4 Å². The fourth-order valence-corrected chi connectivity index (χ4v) is 2.48. The van der Waals surface area contributed by atoms with Gasteiger partial charge in [-0.2, -0.15) is 0 Å². The van der Waals surface area contributed by atoms with Gasteiger partial charge in [0.15, 0.2) is 0 Å². The van der Waals surface area contributed by atoms with Crippen LogP contribution in [0.5, 0.6) is 0 Å². The summed E-state index contributed by atoms with van der Waals surface area (Å²) in [5, 5.41) is 0. The second kappa shape index (κ2) is 5.31. The molecule has 1 aliphatic carbocycles. The third-order valence-electron chi connectivity index (χ3n) is 3.56. The third kappa shape index (κ3) is 2.73. The SMILES string of the molecule is C=CCCCC(N)C1CC1c1ccccc1. The van der Waals surface area contributed by atoms with Crippen molar-refractivity contribution in [3.05, 3.63) is 48.6 Å². The van der Waals surface area contributed by atoms with Crippen LogP contribution in [0.25, 0.3) is 0 Å². The third-order valence-corrected chi connectivity index (χ3v) is 3.56. The first-order valence-corrected chi connectivity index (χ1v) is 6.24. The van der Waals surface area contributed by atoms with Crippen molar-refractivity contribution >= 4 is 0 Å². The van der Waals surface area contributed by atoms with Crippen molar-refractivity contribution in [2.75, 3.05) is 0 Å². The van der Waals surface area contributed by atoms with E-state index in [0.29, 0.717) is 12.0 Å². The smallest absolute Gasteiger partial charge is 0.00733 e. The Morgan fingerprint density at radius 1 is 1.38 bits per heavy atom. The van der Waals surface area contributed by atoms with Gasteiger partial charge < -0.3 is 5.73 Å². The minimum atomic E-state index is 0.380. The zero-order valence-corrected chi connectivity index (χ0v) is 9.81. The summed E-state index contributed by atoms with van der Waals surface area (Å²) in [5.41, 5.74) is 7.68. The van der Waals surface area contributed by atoms with E-state index in [1.807, 2.05) is 6.08 Å². The van der Waals surface area contributed by atoms with Gasteiger partial charge in [0.1, 0.15) is 0 Å². The maximum Gasteiger partial charge on any atom is 0.00733 e. The van der Waals surface area contributed by atoms with Crippen molar-refractivity contribution in [1.29, 1.82) is 0 Å². The Balaban J connectivity index is 1.80. The van der Waals surface area contributed by atoms with E-state index < -0.39 is 0 Å². The lowest BCUT2D eigenvalue weighted by atomic mass is 10.0. The number of rotatable bonds is 6. The van der Waals surface area contributed by atoms with Crippen LogP contribution in [0.3, 0.4) is 0 Å². The first-order chi connectivity index (χ1) is 7.83. The zero-order valence-electron chi connectivity index (χ0n) is 9.81. The molecule has 3 unspecified atom stereocenters. The highest BCUT2D eigenvalue weighted by Crippen LogP contribution is 2.49. The molecule has 1 heteroatoms. The lowest BCUT2D eigenvalue weighted by molar-refractivity contribution is 0.522. The quantitative estimate of drug-likeness (QED) is 0.570. The number of nitrogens with two attached hydrogens (primary N) is 1. The molecule has 86 valence electrons. The molecule has 0 bridgehead atoms. The fraction of sp³-hybridized carbons (Fsp3) is 0.467. The van der Waals surface area contributed by atoms with E-state index in [0.717, 1.165) is 18.8 Å². The van der Waals surface area contributed by atoms with E-state index in [4.69, 9.17) is 5.73 Å². The number of allylic oxidation sites excluding steroid dienone is 1. The predicted molar refractivity (Wildman–Crippen MR) is 69.3 cm³/mol. The van der Waals surface area contributed by atoms with E-state index in [2.05, 4.69) is 36.9 Å². The highest BCUT2D eigenvalue weighted by Gasteiger charge is 2.41. The molecule has 0 spiro atoms. The summed E-state index contributed by atoms with van der Waals surface area (Å²) in [5.74, 6) is 1.44. The van der Waals surface area contributed by atoms with E-state index >= 15 is 0 Å². The van der Waals surface area contributed by atoms with Crippen molar-refractivity contribution in [3.63, 3.8) is 0 Å². The van der Waals surface area contributed by atoms with Gasteiger partial charge in [-0.05, 0) is 43.1 Å². The Morgan fingerprint density at radius 3 is 2.81 bits per heavy atom. The maximum absolute atomic E-state index is 6.21. The lowest BCUT2D eigenvalue weighted by Crippen LogP contribution is -2.22. The summed E-state index contributed by atoms with van der Waals surface area (Å²) in [6.45, 7) is 3.74. The van der Waals surface area contributed by atoms with Crippen molar-refractivity contribution in [2.45, 2.75) is 37.6 Å². The minimum Gasteiger partial charge on any atom is -0.327 e. The minimum absolute atomic E-state index is 0.380. The summed E-state index contributed by atoms with van der Waals surface area (Å²) in [4.78, 5) is 0. The molecule has 3 atom stereocenters. The van der Waals surface area contributed by atoms with Crippen LogP contribution >= 0.6 is 0 Å². The van der Waals surface area contributed by atoms with Crippen LogP contribution in [0.1, 0.15) is 37.2 Å². The highest BCUT2D eigenvalue weighted by molar-refractivity contribution is 5.26. The molecular formula is C15H21N. The first kappa shape index (κ1) is 11.4. The first-order valence-electron chi connectivity index (χ1n) is 6.24. The van der Waals surface area contributed by atoms with Gasteiger partial charge in [-0.1, -0.05) is 36.4 Å². The highest BCUT2D eigenvalue weighted by atomic mass is 14.7. The molecule has 0 aromatic heterocycles. The summed E-state index contributed by atoms with van der Waals surface area (Å²) in [6.07, 6.45) is 6.67. The molecule has 1 saturated carbocycles. The monoisotopic (exact) mass is 215 g/mol. The van der Waals surface area contributed by atoms with E-state index in [1.165, 1.54) is 18.4 Å². The summed E-state index contributed by atoms with van der Waals surface area (Å²) < 4.78 is 0. The van der Waals surface area contributed by atoms with E-state index in [1.54, 1.807) is 0 Å². The van der Waals surface area contributed by atoms with Crippen LogP contribution in [-0.2, 0) is 0 Å². The Kier molecular flexibility index (Phi) is 3.79. The van der Waals surface area contributed by atoms with Crippen LogP contribution in [0, 0.1) is 5.92 Å². The zero-order chi connectivity index (χ0) is 11.4. The summed E-state index contributed by atoms with van der Waals surface area (Å²) in [6, 6.07) is 11.1. The normalized spacial score (nSPS) is 25.1. The Bertz CT molecular complexity index is 331. The molecule has 2 rings (SSSR count). The Hall–Kier alpha value is -1.08. The topological polar surface area (TPSA) is 26.0 Å². The molecule has 0 heterocycles. The molecule has 1 aromatic carbocycles. The largest absolute Gasteiger partial charge is 0.327 e. The molecule has 1 nitrogen and oxygen atoms in total. The van der Waals surface area contributed by atoms with Crippen molar-refractivity contribution < 1.29 is 0 Å². The van der Waals surface area contributed by atoms with E-state index in [-0.39, 0.29) is 0 Å². The predicted octanol–water partition coefficient (Wildman–Crippen LogP) is 3.47. The van der Waals surface area contributed by atoms with Gasteiger partial charge in [-0.15, -0.1) is 6.58 Å². The number of unbranched alkanes of at least 4 members (excludes halogenated alkanes) is 1. The molecule has 1 aliphatic rings. The molecule has 2 N–H and O–H groups in total. The van der Waals surface area contributed by atoms with Crippen LogP contribution in [0.2, 0.25) is 0 Å². The van der Waals surface area contributed by atoms with Crippen molar-refractivity contribution in [1.82, 2.24) is 0 Å². The van der Waals surface area contributed by atoms with Crippen LogP contribution < -0.4 is 5.73 Å². The van der Waals surface area contributed by atoms with Gasteiger partial charge in [-0.25, -0.2) is 0 Å². The van der Waals surface area contributed by atoms with Gasteiger partial charge in [0.2, 0.25) is 0 Å². The molecule has 0 saturated heterocycles. The Morgan fingerprint density at radius 2 is 2.12 bits per heavy atom. The van der Waals surface area contributed by atoms with Gasteiger partial charge in [0, 0.05) is 6.04 Å². The van der Waals surface area contributed by atoms with E-state index in [9.17, 15) is 0 Å². The molecule has 0 amide bonds. The fourth-order valence-electron chi connectivity index (χ4n) is 2.48. The molecule has 0 aliphatic heterocycles. The molecular weight excluding hydrogens is 194 g/mol. The average molecular weight is 215 g/mol. The number of benzene rings is 1. The lowest BCUT2D eigenvalue weighted by Gasteiger charge is -2.10. The van der Waals surface area contributed by atoms with Gasteiger partial charge in [0.05, 0.1) is 0 Å². The van der Waals surface area contributed by atoms with Crippen LogP contribution in [-0.4, -0.2) is 6.04 Å². The second-order valence-electron chi connectivity index (χ2n) is 4.80. The molecule has 0 radical (unpaired) electrons. The maximum atomic E-state index is 6.21. The van der Waals surface area contributed by atoms with Gasteiger partial charge in [0.25, 0.3) is 0 Å². The van der Waals surface area contributed by atoms with Crippen molar-refractivity contribution in [3.8, 4) is 0 Å².